The summed E-state index contributed by atoms with van der Waals surface area (Å²) >= 11 is 0. The first-order valence-electron chi connectivity index (χ1n) is 6.78. The van der Waals surface area contributed by atoms with Crippen LogP contribution in [0.3, 0.4) is 0 Å². The van der Waals surface area contributed by atoms with Crippen molar-refractivity contribution in [2.45, 2.75) is 31.3 Å². The van der Waals surface area contributed by atoms with Gasteiger partial charge in [-0.25, -0.2) is 0 Å². The average Bonchev–Trinajstić information content (AvgIpc) is 2.39. The van der Waals surface area contributed by atoms with E-state index in [-0.39, 0.29) is 25.3 Å². The van der Waals surface area contributed by atoms with E-state index < -0.39 is 17.9 Å². The number of amides is 1. The molecule has 0 unspecified atom stereocenters. The lowest BCUT2D eigenvalue weighted by Gasteiger charge is -2.37. The summed E-state index contributed by atoms with van der Waals surface area (Å²) in [6, 6.07) is 5.79. The van der Waals surface area contributed by atoms with Crippen molar-refractivity contribution in [3.63, 3.8) is 0 Å². The lowest BCUT2D eigenvalue weighted by atomic mass is 9.92. The van der Waals surface area contributed by atoms with Gasteiger partial charge in [0, 0.05) is 18.7 Å². The maximum atomic E-state index is 12.4. The van der Waals surface area contributed by atoms with Crippen LogP contribution in [0.2, 0.25) is 0 Å². The van der Waals surface area contributed by atoms with Gasteiger partial charge in [0.2, 0.25) is 0 Å². The van der Waals surface area contributed by atoms with Crippen molar-refractivity contribution in [1.29, 1.82) is 0 Å². The lowest BCUT2D eigenvalue weighted by molar-refractivity contribution is -0.275. The van der Waals surface area contributed by atoms with Gasteiger partial charge in [-0.2, -0.15) is 0 Å². The molecule has 1 aliphatic heterocycles. The number of aliphatic hydroxyl groups is 1. The molecule has 1 amide bonds. The summed E-state index contributed by atoms with van der Waals surface area (Å²) < 4.78 is 41.2. The van der Waals surface area contributed by atoms with E-state index in [0.29, 0.717) is 18.5 Å². The molecular weight excluding hydrogens is 301 g/mol. The van der Waals surface area contributed by atoms with Crippen molar-refractivity contribution in [3.05, 3.63) is 29.8 Å². The van der Waals surface area contributed by atoms with E-state index in [2.05, 4.69) is 4.74 Å². The molecule has 1 fully saturated rings. The van der Waals surface area contributed by atoms with Gasteiger partial charge in [0.25, 0.3) is 5.91 Å². The minimum Gasteiger partial charge on any atom is -0.405 e. The fourth-order valence-corrected chi connectivity index (χ4v) is 2.56. The molecule has 1 aromatic rings. The van der Waals surface area contributed by atoms with Gasteiger partial charge in [-0.1, -0.05) is 18.2 Å². The zero-order valence-corrected chi connectivity index (χ0v) is 11.8. The van der Waals surface area contributed by atoms with E-state index in [1.165, 1.54) is 18.2 Å². The third-order valence-electron chi connectivity index (χ3n) is 3.60. The molecule has 5 nitrogen and oxygen atoms in total. The zero-order valence-electron chi connectivity index (χ0n) is 11.8. The highest BCUT2D eigenvalue weighted by Crippen LogP contribution is 2.29. The smallest absolute Gasteiger partial charge is 0.405 e. The number of para-hydroxylation sites is 1. The number of nitrogens with two attached hydrogens (primary N) is 1. The fourth-order valence-electron chi connectivity index (χ4n) is 2.56. The maximum Gasteiger partial charge on any atom is 0.573 e. The molecule has 1 aliphatic rings. The summed E-state index contributed by atoms with van der Waals surface area (Å²) in [6.45, 7) is 0.667. The number of ether oxygens (including phenoxy) is 1. The van der Waals surface area contributed by atoms with E-state index in [9.17, 15) is 23.1 Å². The third kappa shape index (κ3) is 4.11. The Hall–Kier alpha value is -1.80. The molecule has 3 N–H and O–H groups in total. The number of halogens is 3. The van der Waals surface area contributed by atoms with Crippen LogP contribution < -0.4 is 10.5 Å². The van der Waals surface area contributed by atoms with E-state index in [0.717, 1.165) is 0 Å². The molecule has 1 aromatic carbocycles. The number of rotatable bonds is 4. The van der Waals surface area contributed by atoms with Crippen LogP contribution in [0, 0.1) is 0 Å². The number of hydrogen-bond acceptors (Lipinski definition) is 4. The molecule has 0 saturated carbocycles. The van der Waals surface area contributed by atoms with Gasteiger partial charge in [0.1, 0.15) is 5.75 Å². The highest BCUT2D eigenvalue weighted by molar-refractivity contribution is 5.83. The number of carbonyl (C=O) groups is 1. The molecule has 0 aliphatic carbocycles. The van der Waals surface area contributed by atoms with Crippen LogP contribution in [0.1, 0.15) is 18.4 Å². The Morgan fingerprint density at radius 1 is 1.41 bits per heavy atom. The van der Waals surface area contributed by atoms with E-state index in [1.807, 2.05) is 0 Å². The first-order valence-corrected chi connectivity index (χ1v) is 6.78. The maximum absolute atomic E-state index is 12.4. The number of primary amides is 1. The number of carbonyl (C=O) groups excluding carboxylic acids is 1. The number of alkyl halides is 3. The Bertz CT molecular complexity index is 550. The van der Waals surface area contributed by atoms with Crippen molar-refractivity contribution in [1.82, 2.24) is 4.90 Å². The SMILES string of the molecule is NC(=O)[C@@]1(O)CCCN(Cc2ccccc2OC(F)(F)F)C1. The Kier molecular flexibility index (Phi) is 4.62. The third-order valence-corrected chi connectivity index (χ3v) is 3.60. The number of β-amino-alcohol motifs (C(OH)–C–C–N with tert-alkyl or cyclic N) is 1. The topological polar surface area (TPSA) is 75.8 Å². The van der Waals surface area contributed by atoms with Crippen LogP contribution >= 0.6 is 0 Å². The van der Waals surface area contributed by atoms with Gasteiger partial charge >= 0.3 is 6.36 Å². The Morgan fingerprint density at radius 2 is 2.09 bits per heavy atom. The molecule has 1 heterocycles. The van der Waals surface area contributed by atoms with Gasteiger partial charge < -0.3 is 15.6 Å². The summed E-state index contributed by atoms with van der Waals surface area (Å²) in [7, 11) is 0. The van der Waals surface area contributed by atoms with Crippen LogP contribution in [0.4, 0.5) is 13.2 Å². The predicted octanol–water partition coefficient (Wildman–Crippen LogP) is 1.40. The second kappa shape index (κ2) is 6.13. The molecule has 1 saturated heterocycles. The van der Waals surface area contributed by atoms with Crippen molar-refractivity contribution in [2.75, 3.05) is 13.1 Å². The van der Waals surface area contributed by atoms with E-state index >= 15 is 0 Å². The molecular formula is C14H17F3N2O3. The fraction of sp³-hybridized carbons (Fsp3) is 0.500. The van der Waals surface area contributed by atoms with Crippen LogP contribution in [-0.2, 0) is 11.3 Å². The zero-order chi connectivity index (χ0) is 16.4. The standard InChI is InChI=1S/C14H17F3N2O3/c15-14(16,17)22-11-5-2-1-4-10(11)8-19-7-3-6-13(21,9-19)12(18)20/h1-2,4-5,21H,3,6-9H2,(H2,18,20)/t13-/m1/s1. The first-order chi connectivity index (χ1) is 10.2. The Morgan fingerprint density at radius 3 is 2.73 bits per heavy atom. The monoisotopic (exact) mass is 318 g/mol. The summed E-state index contributed by atoms with van der Waals surface area (Å²) in [5.41, 5.74) is 3.87. The van der Waals surface area contributed by atoms with Crippen LogP contribution in [-0.4, -0.2) is 41.0 Å². The Labute approximate surface area is 125 Å². The summed E-state index contributed by atoms with van der Waals surface area (Å²) in [5, 5.41) is 10.1. The lowest BCUT2D eigenvalue weighted by Crippen LogP contribution is -2.55. The van der Waals surface area contributed by atoms with Crippen molar-refractivity contribution in [3.8, 4) is 5.75 Å². The van der Waals surface area contributed by atoms with Gasteiger partial charge in [-0.05, 0) is 25.5 Å². The van der Waals surface area contributed by atoms with Crippen molar-refractivity contribution >= 4 is 5.91 Å². The molecule has 0 aromatic heterocycles. The number of hydrogen-bond donors (Lipinski definition) is 2. The number of nitrogens with zero attached hydrogens (tertiary/aromatic N) is 1. The van der Waals surface area contributed by atoms with Crippen LogP contribution in [0.5, 0.6) is 5.75 Å². The van der Waals surface area contributed by atoms with Gasteiger partial charge in [-0.15, -0.1) is 13.2 Å². The summed E-state index contributed by atoms with van der Waals surface area (Å²) in [6.07, 6.45) is -3.99. The van der Waals surface area contributed by atoms with Crippen LogP contribution in [0.15, 0.2) is 24.3 Å². The van der Waals surface area contributed by atoms with Gasteiger partial charge in [0.05, 0.1) is 0 Å². The highest BCUT2D eigenvalue weighted by atomic mass is 19.4. The second-order valence-corrected chi connectivity index (χ2v) is 5.37. The minimum atomic E-state index is -4.77. The normalized spacial score (nSPS) is 23.3. The molecule has 0 bridgehead atoms. The molecule has 1 atom stereocenters. The first kappa shape index (κ1) is 16.6. The van der Waals surface area contributed by atoms with Crippen molar-refractivity contribution in [2.24, 2.45) is 5.73 Å². The largest absolute Gasteiger partial charge is 0.573 e. The molecule has 22 heavy (non-hydrogen) atoms. The summed E-state index contributed by atoms with van der Waals surface area (Å²) in [4.78, 5) is 13.0. The molecule has 2 rings (SSSR count). The molecule has 0 radical (unpaired) electrons. The minimum absolute atomic E-state index is 0.0112. The number of piperidine rings is 1. The quantitative estimate of drug-likeness (QED) is 0.880. The molecule has 122 valence electrons. The number of likely N-dealkylation sites (tertiary alicyclic amines) is 1. The number of benzene rings is 1. The highest BCUT2D eigenvalue weighted by Gasteiger charge is 2.39. The Balaban J connectivity index is 2.12. The predicted molar refractivity (Wildman–Crippen MR) is 71.8 cm³/mol. The van der Waals surface area contributed by atoms with Gasteiger partial charge in [0.15, 0.2) is 5.60 Å². The van der Waals surface area contributed by atoms with Crippen molar-refractivity contribution < 1.29 is 27.8 Å². The van der Waals surface area contributed by atoms with E-state index in [1.54, 1.807) is 11.0 Å². The second-order valence-electron chi connectivity index (χ2n) is 5.37. The van der Waals surface area contributed by atoms with E-state index in [4.69, 9.17) is 5.73 Å². The molecule has 8 heteroatoms. The average molecular weight is 318 g/mol. The molecule has 0 spiro atoms. The summed E-state index contributed by atoms with van der Waals surface area (Å²) in [5.74, 6) is -1.11. The van der Waals surface area contributed by atoms with Crippen LogP contribution in [0.25, 0.3) is 0 Å². The van der Waals surface area contributed by atoms with Gasteiger partial charge in [-0.3, -0.25) is 9.69 Å².